The van der Waals surface area contributed by atoms with Crippen LogP contribution in [0.2, 0.25) is 0 Å². The van der Waals surface area contributed by atoms with Crippen molar-refractivity contribution in [2.45, 2.75) is 7.43 Å². The van der Waals surface area contributed by atoms with Gasteiger partial charge in [-0.1, -0.05) is 7.43 Å². The van der Waals surface area contributed by atoms with Crippen molar-refractivity contribution in [2.75, 3.05) is 0 Å². The van der Waals surface area contributed by atoms with Crippen molar-refractivity contribution in [3.63, 3.8) is 0 Å². The molecule has 0 N–H and O–H groups in total. The standard InChI is InChI=1S/CH4.2Al.4ClH/h1H4;;;4*1H/q;2*+3;;;;/p-4. The van der Waals surface area contributed by atoms with Crippen LogP contribution in [-0.2, 0) is 0 Å². The van der Waals surface area contributed by atoms with E-state index in [0.717, 1.165) is 0 Å². The third-order valence-electron chi connectivity index (χ3n) is 0. The van der Waals surface area contributed by atoms with Crippen molar-refractivity contribution >= 4 is 66.9 Å². The number of hydrogen-bond acceptors (Lipinski definition) is 0. The maximum atomic E-state index is 4.85. The normalized spacial score (nSPS) is 2.86. The number of hydrogen-bond donors (Lipinski definition) is 0. The summed E-state index contributed by atoms with van der Waals surface area (Å²) in [5.74, 6) is 0. The van der Waals surface area contributed by atoms with Gasteiger partial charge in [-0.2, -0.15) is 0 Å². The number of rotatable bonds is 0. The summed E-state index contributed by atoms with van der Waals surface area (Å²) in [7, 11) is 19.4. The van der Waals surface area contributed by atoms with Gasteiger partial charge in [-0.3, -0.25) is 0 Å². The molecule has 0 nitrogen and oxygen atoms in total. The average molecular weight is 212 g/mol. The maximum absolute atomic E-state index is 4.85. The van der Waals surface area contributed by atoms with Crippen molar-refractivity contribution in [1.82, 2.24) is 0 Å². The van der Waals surface area contributed by atoms with Crippen LogP contribution in [0, 0.1) is 0 Å². The van der Waals surface area contributed by atoms with Crippen LogP contribution in [0.25, 0.3) is 0 Å². The van der Waals surface area contributed by atoms with E-state index in [0.29, 0.717) is 0 Å². The van der Waals surface area contributed by atoms with Crippen molar-refractivity contribution in [2.24, 2.45) is 0 Å². The Kier molecular flexibility index (Phi) is 55.3. The summed E-state index contributed by atoms with van der Waals surface area (Å²) in [6.45, 7) is 0. The van der Waals surface area contributed by atoms with Gasteiger partial charge >= 0.3 is 66.9 Å². The molecule has 0 bridgehead atoms. The summed E-state index contributed by atoms with van der Waals surface area (Å²) < 4.78 is 0. The molecule has 40 valence electrons. The Morgan fingerprint density at radius 3 is 0.714 bits per heavy atom. The van der Waals surface area contributed by atoms with Crippen molar-refractivity contribution in [1.29, 1.82) is 0 Å². The van der Waals surface area contributed by atoms with E-state index in [1.54, 1.807) is 0 Å². The Morgan fingerprint density at radius 2 is 0.714 bits per heavy atom. The third-order valence-corrected chi connectivity index (χ3v) is 0. The molecule has 0 heterocycles. The van der Waals surface area contributed by atoms with E-state index in [1.165, 1.54) is 0 Å². The zero-order chi connectivity index (χ0) is 5.41. The van der Waals surface area contributed by atoms with Gasteiger partial charge < -0.3 is 0 Å². The minimum atomic E-state index is -0.306. The van der Waals surface area contributed by atoms with Gasteiger partial charge in [0.25, 0.3) is 0 Å². The first-order valence-corrected chi connectivity index (χ1v) is 7.86. The Balaban J connectivity index is -0.0000000400. The van der Waals surface area contributed by atoms with Gasteiger partial charge in [-0.15, -0.1) is 0 Å². The molecule has 0 spiro atoms. The Hall–Kier alpha value is 2.22. The molecule has 0 saturated carbocycles. The summed E-state index contributed by atoms with van der Waals surface area (Å²) in [6, 6.07) is 0. The van der Waals surface area contributed by atoms with E-state index in [1.807, 2.05) is 0 Å². The molecular formula is CH4Al2Cl4+2. The van der Waals surface area contributed by atoms with Crippen molar-refractivity contribution in [3.8, 4) is 0 Å². The quantitative estimate of drug-likeness (QED) is 0.541. The van der Waals surface area contributed by atoms with E-state index in [4.69, 9.17) is 40.2 Å². The predicted molar refractivity (Wildman–Crippen MR) is 41.7 cm³/mol. The van der Waals surface area contributed by atoms with Crippen LogP contribution in [0.15, 0.2) is 0 Å². The van der Waals surface area contributed by atoms with E-state index in [9.17, 15) is 0 Å². The van der Waals surface area contributed by atoms with E-state index < -0.39 is 0 Å². The number of halogens is 4. The molecule has 0 fully saturated rings. The molecule has 0 saturated heterocycles. The summed E-state index contributed by atoms with van der Waals surface area (Å²) in [6.07, 6.45) is 0. The first kappa shape index (κ1) is 16.1. The monoisotopic (exact) mass is 210 g/mol. The van der Waals surface area contributed by atoms with Crippen molar-refractivity contribution < 1.29 is 0 Å². The van der Waals surface area contributed by atoms with E-state index >= 15 is 0 Å². The molecule has 0 aliphatic carbocycles. The van der Waals surface area contributed by atoms with E-state index in [2.05, 4.69) is 0 Å². The molecular weight excluding hydrogens is 208 g/mol. The molecule has 0 aromatic rings. The average Bonchev–Trinajstić information content (AvgIpc) is 1.39. The fraction of sp³-hybridized carbons (Fsp3) is 1.00. The van der Waals surface area contributed by atoms with Crippen LogP contribution in [0.4, 0.5) is 0 Å². The molecule has 0 amide bonds. The molecule has 0 radical (unpaired) electrons. The Bertz CT molecular complexity index is 11.7. The Labute approximate surface area is 73.7 Å². The topological polar surface area (TPSA) is 0 Å². The molecule has 0 unspecified atom stereocenters. The van der Waals surface area contributed by atoms with Gasteiger partial charge in [-0.05, 0) is 0 Å². The van der Waals surface area contributed by atoms with Gasteiger partial charge in [-0.25, -0.2) is 0 Å². The SMILES string of the molecule is C.[Cl][Al+][Cl].[Cl][Al+][Cl]. The third kappa shape index (κ3) is 64.4. The molecule has 6 heteroatoms. The Morgan fingerprint density at radius 1 is 0.714 bits per heavy atom. The van der Waals surface area contributed by atoms with Gasteiger partial charge in [0.1, 0.15) is 0 Å². The fourth-order valence-electron chi connectivity index (χ4n) is 0. The van der Waals surface area contributed by atoms with Gasteiger partial charge in [0, 0.05) is 0 Å². The summed E-state index contributed by atoms with van der Waals surface area (Å²) in [5, 5.41) is 0. The van der Waals surface area contributed by atoms with Crippen LogP contribution < -0.4 is 0 Å². The van der Waals surface area contributed by atoms with Crippen LogP contribution in [0.5, 0.6) is 0 Å². The second-order valence-electron chi connectivity index (χ2n) is 0.165. The molecule has 0 aromatic carbocycles. The molecule has 0 aliphatic heterocycles. The second-order valence-corrected chi connectivity index (χ2v) is 4.45. The summed E-state index contributed by atoms with van der Waals surface area (Å²) in [4.78, 5) is 0. The van der Waals surface area contributed by atoms with Gasteiger partial charge in [0.05, 0.1) is 0 Å². The second kappa shape index (κ2) is 24.1. The summed E-state index contributed by atoms with van der Waals surface area (Å²) >= 11 is -0.611. The van der Waals surface area contributed by atoms with Crippen LogP contribution in [-0.4, -0.2) is 26.8 Å². The molecule has 7 heavy (non-hydrogen) atoms. The predicted octanol–water partition coefficient (Wildman–Crippen LogP) is 2.63. The first-order chi connectivity index (χ1) is 2.83. The summed E-state index contributed by atoms with van der Waals surface area (Å²) in [5.41, 5.74) is 0. The van der Waals surface area contributed by atoms with Crippen LogP contribution in [0.3, 0.4) is 0 Å². The molecule has 0 atom stereocenters. The molecule has 0 aliphatic rings. The first-order valence-electron chi connectivity index (χ1n) is 0.873. The zero-order valence-electron chi connectivity index (χ0n) is 2.67. The van der Waals surface area contributed by atoms with Crippen molar-refractivity contribution in [3.05, 3.63) is 0 Å². The zero-order valence-corrected chi connectivity index (χ0v) is 8.00. The van der Waals surface area contributed by atoms with Crippen LogP contribution >= 0.6 is 40.2 Å². The van der Waals surface area contributed by atoms with E-state index in [-0.39, 0.29) is 34.2 Å². The minimum absolute atomic E-state index is 0. The van der Waals surface area contributed by atoms with Gasteiger partial charge in [0.15, 0.2) is 0 Å². The fourth-order valence-corrected chi connectivity index (χ4v) is 0. The molecule has 0 aromatic heterocycles. The molecule has 0 rings (SSSR count). The van der Waals surface area contributed by atoms with Gasteiger partial charge in [0.2, 0.25) is 0 Å². The van der Waals surface area contributed by atoms with Crippen LogP contribution in [0.1, 0.15) is 7.43 Å².